The highest BCUT2D eigenvalue weighted by atomic mass is 16.3. The zero-order valence-electron chi connectivity index (χ0n) is 11.5. The van der Waals surface area contributed by atoms with Crippen molar-refractivity contribution in [3.8, 4) is 22.8 Å². The smallest absolute Gasteiger partial charge is 0.217 e. The molecule has 1 heterocycles. The van der Waals surface area contributed by atoms with Crippen LogP contribution in [0.25, 0.3) is 16.9 Å². The minimum Gasteiger partial charge on any atom is -0.493 e. The predicted octanol–water partition coefficient (Wildman–Crippen LogP) is 3.86. The molecule has 0 saturated carbocycles. The largest absolute Gasteiger partial charge is 0.493 e. The van der Waals surface area contributed by atoms with Gasteiger partial charge in [0.2, 0.25) is 5.88 Å². The number of aromatic nitrogens is 2. The van der Waals surface area contributed by atoms with Gasteiger partial charge in [-0.25, -0.2) is 4.68 Å². The van der Waals surface area contributed by atoms with Crippen molar-refractivity contribution in [3.05, 3.63) is 65.7 Å². The molecule has 0 atom stereocenters. The molecule has 0 aliphatic carbocycles. The minimum absolute atomic E-state index is 0.193. The third-order valence-corrected chi connectivity index (χ3v) is 3.48. The second-order valence-corrected chi connectivity index (χ2v) is 4.86. The van der Waals surface area contributed by atoms with Gasteiger partial charge >= 0.3 is 0 Å². The fraction of sp³-hybridized carbons (Fsp3) is 0.118. The molecule has 0 aliphatic heterocycles. The van der Waals surface area contributed by atoms with Crippen LogP contribution in [0.4, 0.5) is 0 Å². The molecule has 0 radical (unpaired) electrons. The van der Waals surface area contributed by atoms with Gasteiger partial charge in [-0.3, -0.25) is 0 Å². The molecule has 3 rings (SSSR count). The van der Waals surface area contributed by atoms with E-state index in [1.165, 1.54) is 0 Å². The van der Waals surface area contributed by atoms with Crippen molar-refractivity contribution in [2.24, 2.45) is 0 Å². The van der Waals surface area contributed by atoms with E-state index in [9.17, 15) is 5.11 Å². The Bertz CT molecular complexity index is 745. The molecule has 100 valence electrons. The van der Waals surface area contributed by atoms with Crippen LogP contribution < -0.4 is 0 Å². The average Bonchev–Trinajstić information content (AvgIpc) is 2.77. The van der Waals surface area contributed by atoms with E-state index in [4.69, 9.17) is 0 Å². The standard InChI is InChI=1S/C17H16N2O/c1-12-8-6-7-11-15(12)19-17(20)13(2)16(18-19)14-9-4-3-5-10-14/h3-11,20H,1-2H3. The number of rotatable bonds is 2. The maximum atomic E-state index is 10.4. The number of para-hydroxylation sites is 1. The first-order valence-corrected chi connectivity index (χ1v) is 6.58. The quantitative estimate of drug-likeness (QED) is 0.763. The summed E-state index contributed by atoms with van der Waals surface area (Å²) >= 11 is 0. The lowest BCUT2D eigenvalue weighted by molar-refractivity contribution is 0.430. The van der Waals surface area contributed by atoms with Crippen LogP contribution in [0.3, 0.4) is 0 Å². The van der Waals surface area contributed by atoms with Gasteiger partial charge in [0.05, 0.1) is 11.4 Å². The van der Waals surface area contributed by atoms with Gasteiger partial charge in [-0.15, -0.1) is 0 Å². The summed E-state index contributed by atoms with van der Waals surface area (Å²) in [5.41, 5.74) is 4.58. The Hall–Kier alpha value is -2.55. The Morgan fingerprint density at radius 3 is 2.25 bits per heavy atom. The maximum absolute atomic E-state index is 10.4. The minimum atomic E-state index is 0.193. The summed E-state index contributed by atoms with van der Waals surface area (Å²) in [5, 5.41) is 14.9. The maximum Gasteiger partial charge on any atom is 0.217 e. The normalized spacial score (nSPS) is 10.7. The van der Waals surface area contributed by atoms with Crippen LogP contribution >= 0.6 is 0 Å². The number of hydrogen-bond acceptors (Lipinski definition) is 2. The molecule has 0 bridgehead atoms. The summed E-state index contributed by atoms with van der Waals surface area (Å²) in [6, 6.07) is 17.8. The average molecular weight is 264 g/mol. The van der Waals surface area contributed by atoms with Gasteiger partial charge in [-0.1, -0.05) is 48.5 Å². The molecule has 0 saturated heterocycles. The van der Waals surface area contributed by atoms with E-state index in [2.05, 4.69) is 5.10 Å². The first-order chi connectivity index (χ1) is 9.68. The number of hydrogen-bond donors (Lipinski definition) is 1. The SMILES string of the molecule is Cc1ccccc1-n1nc(-c2ccccc2)c(C)c1O. The lowest BCUT2D eigenvalue weighted by Gasteiger charge is -2.06. The van der Waals surface area contributed by atoms with E-state index in [1.54, 1.807) is 4.68 Å². The van der Waals surface area contributed by atoms with E-state index in [1.807, 2.05) is 68.4 Å². The highest BCUT2D eigenvalue weighted by Gasteiger charge is 2.16. The Morgan fingerprint density at radius 2 is 1.55 bits per heavy atom. The van der Waals surface area contributed by atoms with Crippen molar-refractivity contribution in [1.29, 1.82) is 0 Å². The van der Waals surface area contributed by atoms with Gasteiger partial charge in [-0.05, 0) is 25.5 Å². The molecular weight excluding hydrogens is 248 g/mol. The van der Waals surface area contributed by atoms with Crippen LogP contribution in [-0.2, 0) is 0 Å². The summed E-state index contributed by atoms with van der Waals surface area (Å²) in [7, 11) is 0. The first-order valence-electron chi connectivity index (χ1n) is 6.58. The summed E-state index contributed by atoms with van der Waals surface area (Å²) in [6.07, 6.45) is 0. The van der Waals surface area contributed by atoms with Gasteiger partial charge < -0.3 is 5.11 Å². The highest BCUT2D eigenvalue weighted by molar-refractivity contribution is 5.66. The van der Waals surface area contributed by atoms with Gasteiger partial charge in [0.1, 0.15) is 0 Å². The molecule has 3 nitrogen and oxygen atoms in total. The van der Waals surface area contributed by atoms with Crippen molar-refractivity contribution < 1.29 is 5.11 Å². The molecule has 3 aromatic rings. The predicted molar refractivity (Wildman–Crippen MR) is 80.1 cm³/mol. The third kappa shape index (κ3) is 1.97. The molecule has 1 N–H and O–H groups in total. The Morgan fingerprint density at radius 1 is 0.900 bits per heavy atom. The van der Waals surface area contributed by atoms with E-state index >= 15 is 0 Å². The topological polar surface area (TPSA) is 38.0 Å². The van der Waals surface area contributed by atoms with Crippen molar-refractivity contribution in [1.82, 2.24) is 9.78 Å². The molecule has 0 spiro atoms. The van der Waals surface area contributed by atoms with E-state index in [0.29, 0.717) is 0 Å². The third-order valence-electron chi connectivity index (χ3n) is 3.48. The molecule has 1 aromatic heterocycles. The molecule has 0 amide bonds. The van der Waals surface area contributed by atoms with Gasteiger partial charge in [-0.2, -0.15) is 5.10 Å². The Labute approximate surface area is 118 Å². The zero-order chi connectivity index (χ0) is 14.1. The van der Waals surface area contributed by atoms with Crippen LogP contribution in [0, 0.1) is 13.8 Å². The van der Waals surface area contributed by atoms with Crippen molar-refractivity contribution in [2.75, 3.05) is 0 Å². The molecule has 20 heavy (non-hydrogen) atoms. The number of aryl methyl sites for hydroxylation is 1. The van der Waals surface area contributed by atoms with Crippen molar-refractivity contribution in [2.45, 2.75) is 13.8 Å². The summed E-state index contributed by atoms with van der Waals surface area (Å²) in [4.78, 5) is 0. The number of nitrogens with zero attached hydrogens (tertiary/aromatic N) is 2. The molecule has 0 unspecified atom stereocenters. The zero-order valence-corrected chi connectivity index (χ0v) is 11.5. The molecule has 0 fully saturated rings. The Balaban J connectivity index is 2.19. The Kier molecular flexibility index (Phi) is 3.03. The number of aromatic hydroxyl groups is 1. The molecule has 2 aromatic carbocycles. The fourth-order valence-electron chi connectivity index (χ4n) is 2.33. The van der Waals surface area contributed by atoms with Gasteiger partial charge in [0.15, 0.2) is 0 Å². The summed E-state index contributed by atoms with van der Waals surface area (Å²) in [6.45, 7) is 3.90. The first kappa shape index (κ1) is 12.5. The van der Waals surface area contributed by atoms with Crippen LogP contribution in [0.5, 0.6) is 5.88 Å². The van der Waals surface area contributed by atoms with E-state index in [-0.39, 0.29) is 5.88 Å². The van der Waals surface area contributed by atoms with Crippen molar-refractivity contribution >= 4 is 0 Å². The van der Waals surface area contributed by atoms with E-state index < -0.39 is 0 Å². The molecular formula is C17H16N2O. The lowest BCUT2D eigenvalue weighted by Crippen LogP contribution is -1.98. The van der Waals surface area contributed by atoms with Crippen LogP contribution in [0.2, 0.25) is 0 Å². The lowest BCUT2D eigenvalue weighted by atomic mass is 10.1. The van der Waals surface area contributed by atoms with E-state index in [0.717, 1.165) is 28.1 Å². The monoisotopic (exact) mass is 264 g/mol. The summed E-state index contributed by atoms with van der Waals surface area (Å²) < 4.78 is 1.60. The van der Waals surface area contributed by atoms with Gasteiger partial charge in [0, 0.05) is 11.1 Å². The van der Waals surface area contributed by atoms with Crippen LogP contribution in [0.15, 0.2) is 54.6 Å². The van der Waals surface area contributed by atoms with Crippen LogP contribution in [-0.4, -0.2) is 14.9 Å². The second kappa shape index (κ2) is 4.85. The molecule has 0 aliphatic rings. The highest BCUT2D eigenvalue weighted by Crippen LogP contribution is 2.31. The molecule has 3 heteroatoms. The summed E-state index contributed by atoms with van der Waals surface area (Å²) in [5.74, 6) is 0.193. The second-order valence-electron chi connectivity index (χ2n) is 4.86. The van der Waals surface area contributed by atoms with Crippen LogP contribution in [0.1, 0.15) is 11.1 Å². The van der Waals surface area contributed by atoms with Crippen molar-refractivity contribution in [3.63, 3.8) is 0 Å². The number of benzene rings is 2. The van der Waals surface area contributed by atoms with Gasteiger partial charge in [0.25, 0.3) is 0 Å². The fourth-order valence-corrected chi connectivity index (χ4v) is 2.33.